The highest BCUT2D eigenvalue weighted by atomic mass is 79.9. The van der Waals surface area contributed by atoms with Crippen molar-refractivity contribution >= 4 is 0 Å². The van der Waals surface area contributed by atoms with E-state index < -0.39 is 5.60 Å². The molecule has 186 valence electrons. The van der Waals surface area contributed by atoms with Gasteiger partial charge < -0.3 is 36.0 Å². The Morgan fingerprint density at radius 3 is 2.21 bits per heavy atom. The number of piperidine rings is 3. The topological polar surface area (TPSA) is 38.7 Å². The summed E-state index contributed by atoms with van der Waals surface area (Å²) in [7, 11) is 0. The van der Waals surface area contributed by atoms with Crippen molar-refractivity contribution in [2.24, 2.45) is 11.8 Å². The molecule has 34 heavy (non-hydrogen) atoms. The molecule has 0 radical (unpaired) electrons. The third-order valence-electron chi connectivity index (χ3n) is 8.65. The zero-order valence-electron chi connectivity index (χ0n) is 20.3. The van der Waals surface area contributed by atoms with E-state index in [1.165, 1.54) is 38.8 Å². The Bertz CT molecular complexity index is 865. The van der Waals surface area contributed by atoms with Crippen LogP contribution >= 0.6 is 0 Å². The largest absolute Gasteiger partial charge is 1.00 e. The first-order chi connectivity index (χ1) is 16.2. The SMILES string of the molecule is OC(CO[C@H]1C[N+]2(CCCOc3ccccc3)CCC1CC2)(c1ccccc1)C1CCCC1.[Br-]. The van der Waals surface area contributed by atoms with Crippen LogP contribution < -0.4 is 21.7 Å². The van der Waals surface area contributed by atoms with Gasteiger partial charge in [-0.15, -0.1) is 0 Å². The molecule has 2 aromatic rings. The number of fused-ring (bicyclic) bond motifs is 3. The Kier molecular flexibility index (Phi) is 8.73. The number of ether oxygens (including phenoxy) is 2. The molecule has 2 bridgehead atoms. The molecule has 4 fully saturated rings. The van der Waals surface area contributed by atoms with Crippen molar-refractivity contribution in [3.05, 3.63) is 66.2 Å². The summed E-state index contributed by atoms with van der Waals surface area (Å²) in [4.78, 5) is 0. The number of nitrogens with zero attached hydrogens (tertiary/aromatic N) is 1. The van der Waals surface area contributed by atoms with Gasteiger partial charge in [-0.3, -0.25) is 0 Å². The fraction of sp³-hybridized carbons (Fsp3) is 0.586. The van der Waals surface area contributed by atoms with Gasteiger partial charge in [-0.05, 0) is 36.5 Å². The number of para-hydroxylation sites is 1. The number of hydrogen-bond donors (Lipinski definition) is 1. The van der Waals surface area contributed by atoms with Crippen LogP contribution in [0.1, 0.15) is 50.5 Å². The van der Waals surface area contributed by atoms with Gasteiger partial charge in [-0.1, -0.05) is 61.4 Å². The minimum atomic E-state index is -0.863. The summed E-state index contributed by atoms with van der Waals surface area (Å²) < 4.78 is 13.8. The molecule has 3 heterocycles. The van der Waals surface area contributed by atoms with Gasteiger partial charge >= 0.3 is 0 Å². The van der Waals surface area contributed by atoms with Crippen LogP contribution in [0.15, 0.2) is 60.7 Å². The van der Waals surface area contributed by atoms with Crippen molar-refractivity contribution in [3.63, 3.8) is 0 Å². The predicted molar refractivity (Wildman–Crippen MR) is 131 cm³/mol. The Labute approximate surface area is 215 Å². The summed E-state index contributed by atoms with van der Waals surface area (Å²) in [5.74, 6) is 1.91. The molecule has 4 nitrogen and oxygen atoms in total. The third kappa shape index (κ3) is 5.70. The Morgan fingerprint density at radius 2 is 1.53 bits per heavy atom. The first-order valence-electron chi connectivity index (χ1n) is 13.1. The lowest BCUT2D eigenvalue weighted by molar-refractivity contribution is -0.946. The minimum Gasteiger partial charge on any atom is -1.00 e. The summed E-state index contributed by atoms with van der Waals surface area (Å²) in [5.41, 5.74) is 0.165. The number of hydrogen-bond acceptors (Lipinski definition) is 3. The highest BCUT2D eigenvalue weighted by molar-refractivity contribution is 5.24. The van der Waals surface area contributed by atoms with Crippen LogP contribution in [-0.4, -0.2) is 55.1 Å². The summed E-state index contributed by atoms with van der Waals surface area (Å²) in [6.07, 6.45) is 8.47. The maximum atomic E-state index is 11.9. The fourth-order valence-corrected chi connectivity index (χ4v) is 6.63. The van der Waals surface area contributed by atoms with E-state index >= 15 is 0 Å². The maximum Gasteiger partial charge on any atom is 0.119 e. The van der Waals surface area contributed by atoms with E-state index in [0.29, 0.717) is 18.4 Å². The van der Waals surface area contributed by atoms with Crippen LogP contribution in [0, 0.1) is 11.8 Å². The number of rotatable bonds is 10. The molecule has 6 rings (SSSR count). The molecule has 4 aliphatic rings. The van der Waals surface area contributed by atoms with E-state index in [4.69, 9.17) is 9.47 Å². The second kappa shape index (κ2) is 11.6. The van der Waals surface area contributed by atoms with E-state index in [0.717, 1.165) is 54.8 Å². The minimum absolute atomic E-state index is 0. The number of quaternary nitrogens is 1. The molecule has 5 heteroatoms. The lowest BCUT2D eigenvalue weighted by Crippen LogP contribution is -3.00. The molecule has 0 amide bonds. The fourth-order valence-electron chi connectivity index (χ4n) is 6.63. The molecule has 1 aliphatic carbocycles. The quantitative estimate of drug-likeness (QED) is 0.378. The third-order valence-corrected chi connectivity index (χ3v) is 8.65. The molecule has 1 unspecified atom stereocenters. The van der Waals surface area contributed by atoms with Crippen LogP contribution in [0.4, 0.5) is 0 Å². The van der Waals surface area contributed by atoms with Gasteiger partial charge in [-0.2, -0.15) is 0 Å². The van der Waals surface area contributed by atoms with Crippen molar-refractivity contribution in [1.29, 1.82) is 0 Å². The average Bonchev–Trinajstić information content (AvgIpc) is 3.43. The smallest absolute Gasteiger partial charge is 0.119 e. The molecule has 3 saturated heterocycles. The molecule has 1 N–H and O–H groups in total. The summed E-state index contributed by atoms with van der Waals surface area (Å²) >= 11 is 0. The van der Waals surface area contributed by atoms with E-state index in [9.17, 15) is 5.11 Å². The molecular formula is C29H40BrNO3. The second-order valence-corrected chi connectivity index (χ2v) is 10.7. The monoisotopic (exact) mass is 529 g/mol. The van der Waals surface area contributed by atoms with Gasteiger partial charge in [0, 0.05) is 25.2 Å². The van der Waals surface area contributed by atoms with Gasteiger partial charge in [0.1, 0.15) is 24.0 Å². The lowest BCUT2D eigenvalue weighted by Gasteiger charge is -2.53. The van der Waals surface area contributed by atoms with Gasteiger partial charge in [0.2, 0.25) is 0 Å². The van der Waals surface area contributed by atoms with Crippen LogP contribution in [0.5, 0.6) is 5.75 Å². The van der Waals surface area contributed by atoms with Crippen molar-refractivity contribution in [1.82, 2.24) is 0 Å². The van der Waals surface area contributed by atoms with E-state index in [1.54, 1.807) is 0 Å². The first-order valence-corrected chi connectivity index (χ1v) is 13.1. The zero-order valence-corrected chi connectivity index (χ0v) is 21.9. The molecule has 3 aliphatic heterocycles. The maximum absolute atomic E-state index is 11.9. The summed E-state index contributed by atoms with van der Waals surface area (Å²) in [6, 6.07) is 20.4. The number of halogens is 1. The lowest BCUT2D eigenvalue weighted by atomic mass is 9.80. The van der Waals surface area contributed by atoms with Crippen molar-refractivity contribution < 1.29 is 36.0 Å². The normalized spacial score (nSPS) is 28.3. The summed E-state index contributed by atoms with van der Waals surface area (Å²) in [5, 5.41) is 11.9. The van der Waals surface area contributed by atoms with Crippen LogP contribution in [-0.2, 0) is 10.3 Å². The molecule has 0 spiro atoms. The predicted octanol–water partition coefficient (Wildman–Crippen LogP) is 2.16. The Morgan fingerprint density at radius 1 is 0.882 bits per heavy atom. The van der Waals surface area contributed by atoms with Crippen molar-refractivity contribution in [2.45, 2.75) is 56.7 Å². The highest BCUT2D eigenvalue weighted by Gasteiger charge is 2.48. The molecule has 2 aromatic carbocycles. The van der Waals surface area contributed by atoms with Gasteiger partial charge in [0.15, 0.2) is 0 Å². The molecule has 1 saturated carbocycles. The standard InChI is InChI=1S/C29H40NO3.BrH/c31-29(26-12-7-8-13-26,25-10-3-1-4-11-25)23-33-28-22-30(19-16-24(28)17-20-30)18-9-21-32-27-14-5-2-6-15-27;/h1-6,10-11,14-15,24,26,28,31H,7-9,12-13,16-23H2;1H/q+1;/p-1/t24?,28-,29?,30?;/m0./s1. The van der Waals surface area contributed by atoms with Gasteiger partial charge in [-0.25, -0.2) is 0 Å². The van der Waals surface area contributed by atoms with E-state index in [2.05, 4.69) is 12.1 Å². The van der Waals surface area contributed by atoms with Crippen molar-refractivity contribution in [2.75, 3.05) is 39.4 Å². The van der Waals surface area contributed by atoms with Crippen molar-refractivity contribution in [3.8, 4) is 5.75 Å². The zero-order chi connectivity index (χ0) is 22.6. The van der Waals surface area contributed by atoms with E-state index in [1.807, 2.05) is 48.5 Å². The van der Waals surface area contributed by atoms with Gasteiger partial charge in [0.25, 0.3) is 0 Å². The average molecular weight is 531 g/mol. The Balaban J connectivity index is 0.00000274. The van der Waals surface area contributed by atoms with Crippen LogP contribution in [0.25, 0.3) is 0 Å². The second-order valence-electron chi connectivity index (χ2n) is 10.7. The number of aliphatic hydroxyl groups is 1. The van der Waals surface area contributed by atoms with E-state index in [-0.39, 0.29) is 23.1 Å². The number of benzene rings is 2. The van der Waals surface area contributed by atoms with Crippen LogP contribution in [0.2, 0.25) is 0 Å². The molecule has 2 atom stereocenters. The van der Waals surface area contributed by atoms with Gasteiger partial charge in [0.05, 0.1) is 32.8 Å². The molecule has 0 aromatic heterocycles. The highest BCUT2D eigenvalue weighted by Crippen LogP contribution is 2.42. The first kappa shape index (κ1) is 25.7. The van der Waals surface area contributed by atoms with Crippen LogP contribution in [0.3, 0.4) is 0 Å². The summed E-state index contributed by atoms with van der Waals surface area (Å²) in [6.45, 7) is 5.98. The molecular weight excluding hydrogens is 490 g/mol. The Hall–Kier alpha value is -1.40.